The lowest BCUT2D eigenvalue weighted by molar-refractivity contribution is -0.138. The van der Waals surface area contributed by atoms with Crippen molar-refractivity contribution >= 4 is 35.1 Å². The van der Waals surface area contributed by atoms with Gasteiger partial charge < -0.3 is 20.5 Å². The first-order chi connectivity index (χ1) is 15.8. The molecule has 0 atom stereocenters. The number of hydrogen-bond donors (Lipinski definition) is 2. The summed E-state index contributed by atoms with van der Waals surface area (Å²) in [5.41, 5.74) is 8.37. The van der Waals surface area contributed by atoms with E-state index in [1.807, 2.05) is 26.0 Å². The molecule has 1 aromatic heterocycles. The molecule has 9 heteroatoms. The van der Waals surface area contributed by atoms with Crippen molar-refractivity contribution in [3.63, 3.8) is 0 Å². The standard InChI is InChI=1S/C24H30N4O4S/c1-14(2)33-24-26-21(25)20-22(27-24)32-12-11-28(23(20)31)18-9-7-17(8-10-18)16-5-3-15(4-6-16)13-19(29)30/h7-10,14-16H,3-6,11-13H2,1-2H3,(H,29,30)(H2,25,26,27). The van der Waals surface area contributed by atoms with Crippen molar-refractivity contribution in [2.24, 2.45) is 5.92 Å². The molecule has 1 aliphatic carbocycles. The Hall–Kier alpha value is -2.81. The Kier molecular flexibility index (Phi) is 7.07. The van der Waals surface area contributed by atoms with Crippen LogP contribution in [0.2, 0.25) is 0 Å². The molecule has 3 N–H and O–H groups in total. The average Bonchev–Trinajstić information content (AvgIpc) is 2.92. The Bertz CT molecular complexity index is 1020. The number of fused-ring (bicyclic) bond motifs is 1. The van der Waals surface area contributed by atoms with E-state index in [4.69, 9.17) is 15.6 Å². The third kappa shape index (κ3) is 5.40. The lowest BCUT2D eigenvalue weighted by atomic mass is 9.77. The van der Waals surface area contributed by atoms with Crippen LogP contribution in [0.1, 0.15) is 67.8 Å². The maximum Gasteiger partial charge on any atom is 0.303 e. The number of carboxylic acid groups (broad SMARTS) is 1. The number of aliphatic carboxylic acids is 1. The molecule has 0 unspecified atom stereocenters. The van der Waals surface area contributed by atoms with Crippen molar-refractivity contribution in [3.05, 3.63) is 35.4 Å². The van der Waals surface area contributed by atoms with Crippen LogP contribution in [0.3, 0.4) is 0 Å². The third-order valence-corrected chi connectivity index (χ3v) is 7.09. The molecular weight excluding hydrogens is 440 g/mol. The van der Waals surface area contributed by atoms with Gasteiger partial charge in [0.15, 0.2) is 5.16 Å². The number of nitrogens with two attached hydrogens (primary N) is 1. The van der Waals surface area contributed by atoms with Crippen molar-refractivity contribution in [1.29, 1.82) is 0 Å². The Balaban J connectivity index is 1.49. The number of nitrogens with zero attached hydrogens (tertiary/aromatic N) is 3. The molecular formula is C24H30N4O4S. The number of benzene rings is 1. The number of carbonyl (C=O) groups is 2. The molecule has 1 amide bonds. The summed E-state index contributed by atoms with van der Waals surface area (Å²) in [4.78, 5) is 34.7. The van der Waals surface area contributed by atoms with Crippen LogP contribution in [0.15, 0.2) is 29.4 Å². The van der Waals surface area contributed by atoms with Gasteiger partial charge in [0.25, 0.3) is 5.91 Å². The molecule has 2 heterocycles. The highest BCUT2D eigenvalue weighted by Crippen LogP contribution is 2.38. The molecule has 8 nitrogen and oxygen atoms in total. The zero-order chi connectivity index (χ0) is 23.5. The van der Waals surface area contributed by atoms with Crippen LogP contribution in [0.5, 0.6) is 5.88 Å². The fourth-order valence-corrected chi connectivity index (χ4v) is 5.30. The van der Waals surface area contributed by atoms with Gasteiger partial charge in [0.1, 0.15) is 18.0 Å². The summed E-state index contributed by atoms with van der Waals surface area (Å²) in [6.45, 7) is 4.78. The van der Waals surface area contributed by atoms with Gasteiger partial charge in [0.2, 0.25) is 5.88 Å². The lowest BCUT2D eigenvalue weighted by Crippen LogP contribution is -2.32. The minimum absolute atomic E-state index is 0.134. The summed E-state index contributed by atoms with van der Waals surface area (Å²) in [7, 11) is 0. The van der Waals surface area contributed by atoms with Gasteiger partial charge in [-0.2, -0.15) is 4.98 Å². The molecule has 176 valence electrons. The summed E-state index contributed by atoms with van der Waals surface area (Å²) >= 11 is 1.47. The summed E-state index contributed by atoms with van der Waals surface area (Å²) in [5.74, 6) is 0.107. The molecule has 0 spiro atoms. The number of anilines is 2. The monoisotopic (exact) mass is 470 g/mol. The predicted molar refractivity (Wildman–Crippen MR) is 128 cm³/mol. The maximum atomic E-state index is 13.3. The molecule has 1 aliphatic heterocycles. The van der Waals surface area contributed by atoms with Crippen LogP contribution in [0.25, 0.3) is 0 Å². The van der Waals surface area contributed by atoms with Crippen LogP contribution in [0, 0.1) is 5.92 Å². The minimum Gasteiger partial charge on any atom is -0.481 e. The van der Waals surface area contributed by atoms with Crippen LogP contribution < -0.4 is 15.4 Å². The quantitative estimate of drug-likeness (QED) is 0.472. The van der Waals surface area contributed by atoms with Crippen LogP contribution in [0.4, 0.5) is 11.5 Å². The van der Waals surface area contributed by atoms with Crippen LogP contribution in [-0.4, -0.2) is 45.4 Å². The summed E-state index contributed by atoms with van der Waals surface area (Å²) in [6, 6.07) is 8.06. The molecule has 0 bridgehead atoms. The average molecular weight is 471 g/mol. The molecule has 1 fully saturated rings. The number of carboxylic acids is 1. The van der Waals surface area contributed by atoms with Crippen molar-refractivity contribution in [3.8, 4) is 5.88 Å². The molecule has 2 aromatic rings. The fraction of sp³-hybridized carbons (Fsp3) is 0.500. The van der Waals surface area contributed by atoms with Gasteiger partial charge in [0, 0.05) is 17.4 Å². The van der Waals surface area contributed by atoms with E-state index < -0.39 is 5.97 Å². The first-order valence-electron chi connectivity index (χ1n) is 11.4. The molecule has 2 aliphatic rings. The molecule has 1 saturated carbocycles. The maximum absolute atomic E-state index is 13.3. The van der Waals surface area contributed by atoms with E-state index in [1.165, 1.54) is 17.3 Å². The van der Waals surface area contributed by atoms with E-state index in [2.05, 4.69) is 22.1 Å². The first-order valence-corrected chi connectivity index (χ1v) is 12.3. The molecule has 0 radical (unpaired) electrons. The normalized spacial score (nSPS) is 20.8. The fourth-order valence-electron chi connectivity index (χ4n) is 4.60. The summed E-state index contributed by atoms with van der Waals surface area (Å²) in [6.07, 6.45) is 4.12. The van der Waals surface area contributed by atoms with Crippen LogP contribution >= 0.6 is 11.8 Å². The second-order valence-corrected chi connectivity index (χ2v) is 10.5. The molecule has 4 rings (SSSR count). The number of rotatable bonds is 6. The number of amides is 1. The lowest BCUT2D eigenvalue weighted by Gasteiger charge is -2.28. The Labute approximate surface area is 197 Å². The van der Waals surface area contributed by atoms with E-state index in [0.29, 0.717) is 24.2 Å². The highest BCUT2D eigenvalue weighted by Gasteiger charge is 2.30. The highest BCUT2D eigenvalue weighted by atomic mass is 32.2. The van der Waals surface area contributed by atoms with E-state index in [-0.39, 0.29) is 40.8 Å². The summed E-state index contributed by atoms with van der Waals surface area (Å²) < 4.78 is 5.78. The second-order valence-electron chi connectivity index (χ2n) is 8.95. The van der Waals surface area contributed by atoms with Gasteiger partial charge in [-0.1, -0.05) is 37.7 Å². The minimum atomic E-state index is -0.712. The topological polar surface area (TPSA) is 119 Å². The largest absolute Gasteiger partial charge is 0.481 e. The van der Waals surface area contributed by atoms with Crippen molar-refractivity contribution < 1.29 is 19.4 Å². The van der Waals surface area contributed by atoms with Gasteiger partial charge in [-0.05, 0) is 55.2 Å². The third-order valence-electron chi connectivity index (χ3n) is 6.22. The SMILES string of the molecule is CC(C)Sc1nc(N)c2c(n1)OCCN(c1ccc(C3CCC(CC(=O)O)CC3)cc1)C2=O. The number of hydrogen-bond acceptors (Lipinski definition) is 7. The Morgan fingerprint density at radius 1 is 1.21 bits per heavy atom. The smallest absolute Gasteiger partial charge is 0.303 e. The van der Waals surface area contributed by atoms with Gasteiger partial charge in [-0.15, -0.1) is 0 Å². The summed E-state index contributed by atoms with van der Waals surface area (Å²) in [5, 5.41) is 9.80. The van der Waals surface area contributed by atoms with E-state index in [1.54, 1.807) is 4.90 Å². The van der Waals surface area contributed by atoms with E-state index >= 15 is 0 Å². The van der Waals surface area contributed by atoms with Gasteiger partial charge in [-0.3, -0.25) is 9.59 Å². The molecule has 1 aromatic carbocycles. The highest BCUT2D eigenvalue weighted by molar-refractivity contribution is 7.99. The predicted octanol–water partition coefficient (Wildman–Crippen LogP) is 4.35. The van der Waals surface area contributed by atoms with Crippen molar-refractivity contribution in [1.82, 2.24) is 9.97 Å². The number of nitrogen functional groups attached to an aromatic ring is 1. The van der Waals surface area contributed by atoms with E-state index in [9.17, 15) is 9.59 Å². The zero-order valence-corrected chi connectivity index (χ0v) is 19.8. The van der Waals surface area contributed by atoms with Crippen molar-refractivity contribution in [2.45, 2.75) is 62.3 Å². The Morgan fingerprint density at radius 3 is 2.55 bits per heavy atom. The zero-order valence-electron chi connectivity index (χ0n) is 19.0. The number of ether oxygens (including phenoxy) is 1. The first kappa shape index (κ1) is 23.4. The number of carbonyl (C=O) groups excluding carboxylic acids is 1. The second kappa shape index (κ2) is 9.99. The van der Waals surface area contributed by atoms with Crippen LogP contribution in [-0.2, 0) is 4.79 Å². The van der Waals surface area contributed by atoms with Gasteiger partial charge in [0.05, 0.1) is 6.54 Å². The number of aromatic nitrogens is 2. The van der Waals surface area contributed by atoms with Gasteiger partial charge in [-0.25, -0.2) is 4.98 Å². The van der Waals surface area contributed by atoms with Crippen molar-refractivity contribution in [2.75, 3.05) is 23.8 Å². The van der Waals surface area contributed by atoms with Gasteiger partial charge >= 0.3 is 5.97 Å². The number of thioether (sulfide) groups is 1. The Morgan fingerprint density at radius 2 is 1.91 bits per heavy atom. The van der Waals surface area contributed by atoms with E-state index in [0.717, 1.165) is 31.4 Å². The molecule has 0 saturated heterocycles. The molecule has 33 heavy (non-hydrogen) atoms.